The van der Waals surface area contributed by atoms with E-state index in [1.54, 1.807) is 22.9 Å². The number of fused-ring (bicyclic) bond motifs is 1. The Hall–Kier alpha value is -5.67. The number of carboxylic acids is 1. The van der Waals surface area contributed by atoms with E-state index in [1.165, 1.54) is 31.3 Å². The van der Waals surface area contributed by atoms with Gasteiger partial charge in [0.15, 0.2) is 12.2 Å². The lowest BCUT2D eigenvalue weighted by molar-refractivity contribution is -0.701. The van der Waals surface area contributed by atoms with Gasteiger partial charge in [0.2, 0.25) is 24.6 Å². The number of carbonyl (C=O) groups excluding carboxylic acids is 3. The van der Waals surface area contributed by atoms with Crippen molar-refractivity contribution < 1.29 is 48.4 Å². The fraction of sp³-hybridized carbons (Fsp3) is 0.432. The van der Waals surface area contributed by atoms with Crippen LogP contribution in [-0.4, -0.2) is 95.3 Å². The van der Waals surface area contributed by atoms with Crippen molar-refractivity contribution in [2.75, 3.05) is 50.2 Å². The van der Waals surface area contributed by atoms with Crippen molar-refractivity contribution in [3.63, 3.8) is 0 Å². The summed E-state index contributed by atoms with van der Waals surface area (Å²) in [4.78, 5) is 68.4. The van der Waals surface area contributed by atoms with Crippen molar-refractivity contribution in [3.05, 3.63) is 85.3 Å². The average molecular weight is 863 g/mol. The first-order chi connectivity index (χ1) is 28.3. The van der Waals surface area contributed by atoms with Crippen molar-refractivity contribution in [1.29, 1.82) is 0 Å². The second-order valence-corrected chi connectivity index (χ2v) is 14.0. The van der Waals surface area contributed by atoms with Crippen LogP contribution in [0.4, 0.5) is 17.2 Å². The SMILES string of the molecule is Cc1c(Cl)cc(Cl)c([N+](=O)[O-])c1C(=O)NCCCOCCCCOCCCNC(=O)CCC(NC(=O)c1ccc(NC[n+]2ccnc3c2C(O)N=C(N)N3)cc1)C(=O)O. The zero-order chi connectivity index (χ0) is 42.9. The smallest absolute Gasteiger partial charge is 0.326 e. The maximum Gasteiger partial charge on any atom is 0.326 e. The number of anilines is 2. The molecule has 2 unspecified atom stereocenters. The zero-order valence-corrected chi connectivity index (χ0v) is 33.7. The first-order valence-electron chi connectivity index (χ1n) is 18.6. The molecule has 59 heavy (non-hydrogen) atoms. The number of carbonyl (C=O) groups is 4. The number of aliphatic carboxylic acids is 1. The van der Waals surface area contributed by atoms with Gasteiger partial charge in [0.1, 0.15) is 16.6 Å². The van der Waals surface area contributed by atoms with Crippen LogP contribution >= 0.6 is 23.2 Å². The van der Waals surface area contributed by atoms with Crippen LogP contribution < -0.4 is 36.9 Å². The van der Waals surface area contributed by atoms with Gasteiger partial charge in [-0.15, -0.1) is 0 Å². The highest BCUT2D eigenvalue weighted by Crippen LogP contribution is 2.35. The minimum atomic E-state index is -1.28. The quantitative estimate of drug-likeness (QED) is 0.0278. The Morgan fingerprint density at radius 2 is 1.64 bits per heavy atom. The lowest BCUT2D eigenvalue weighted by Gasteiger charge is -2.17. The molecule has 9 N–H and O–H groups in total. The molecule has 0 saturated carbocycles. The molecule has 0 aliphatic carbocycles. The number of amides is 3. The van der Waals surface area contributed by atoms with E-state index in [1.807, 2.05) is 0 Å². The van der Waals surface area contributed by atoms with Gasteiger partial charge >= 0.3 is 11.7 Å². The summed E-state index contributed by atoms with van der Waals surface area (Å²) in [5.41, 5.74) is 6.56. The second kappa shape index (κ2) is 23.1. The standard InChI is InChI=1S/C37H46Cl2N10O10/c1-22-25(38)20-26(39)30(49(56)57)29(22)34(52)43-13-5-19-59-17-3-2-16-58-18-4-12-41-28(50)11-10-27(36(54)55)45-33(51)23-6-8-24(9-7-23)44-21-48-15-14-42-32-31(48)35(53)47-37(40)46-32/h6-9,14-15,20,27,35,53H,2-5,10-13,16-19,21H2,1H3,(H7-,40,41,42,43,44,45,46,47,50,51,52,54,55)/p+1. The van der Waals surface area contributed by atoms with Gasteiger partial charge in [0, 0.05) is 62.2 Å². The van der Waals surface area contributed by atoms with Crippen molar-refractivity contribution in [3.8, 4) is 0 Å². The van der Waals surface area contributed by atoms with Gasteiger partial charge in [0.05, 0.1) is 11.1 Å². The first kappa shape index (κ1) is 46.0. The number of nitrogens with one attached hydrogen (secondary N) is 5. The number of aliphatic imine (C=N–C) groups is 1. The Balaban J connectivity index is 1.02. The molecule has 3 aromatic rings. The van der Waals surface area contributed by atoms with Crippen molar-refractivity contribution >= 4 is 70.0 Å². The van der Waals surface area contributed by atoms with Crippen LogP contribution in [0.5, 0.6) is 0 Å². The molecule has 0 bridgehead atoms. The van der Waals surface area contributed by atoms with E-state index in [-0.39, 0.29) is 64.7 Å². The highest BCUT2D eigenvalue weighted by molar-refractivity contribution is 6.37. The Morgan fingerprint density at radius 1 is 1.00 bits per heavy atom. The maximum absolute atomic E-state index is 12.8. The van der Waals surface area contributed by atoms with Crippen molar-refractivity contribution in [1.82, 2.24) is 20.9 Å². The van der Waals surface area contributed by atoms with Crippen LogP contribution in [0.2, 0.25) is 10.0 Å². The Morgan fingerprint density at radius 3 is 2.29 bits per heavy atom. The summed E-state index contributed by atoms with van der Waals surface area (Å²) in [5, 5.41) is 45.1. The first-order valence-corrected chi connectivity index (χ1v) is 19.4. The van der Waals surface area contributed by atoms with Crippen LogP contribution in [0.1, 0.15) is 76.7 Å². The van der Waals surface area contributed by atoms with Crippen LogP contribution in [0.3, 0.4) is 0 Å². The fourth-order valence-corrected chi connectivity index (χ4v) is 6.27. The molecule has 2 atom stereocenters. The number of benzene rings is 2. The molecule has 1 aliphatic rings. The summed E-state index contributed by atoms with van der Waals surface area (Å²) in [6.07, 6.45) is 4.31. The highest BCUT2D eigenvalue weighted by Gasteiger charge is 2.30. The molecule has 2 heterocycles. The molecule has 1 aliphatic heterocycles. The number of rotatable bonds is 24. The van der Waals surface area contributed by atoms with E-state index in [2.05, 4.69) is 36.6 Å². The topological polar surface area (TPSA) is 286 Å². The third-order valence-electron chi connectivity index (χ3n) is 8.84. The van der Waals surface area contributed by atoms with Gasteiger partial charge in [-0.2, -0.15) is 4.57 Å². The lowest BCUT2D eigenvalue weighted by atomic mass is 10.1. The summed E-state index contributed by atoms with van der Waals surface area (Å²) >= 11 is 12.0. The van der Waals surface area contributed by atoms with Gasteiger partial charge < -0.3 is 52.0 Å². The molecule has 1 aromatic heterocycles. The number of aliphatic hydroxyl groups is 1. The number of nitro groups is 1. The number of halogens is 2. The third kappa shape index (κ3) is 14.0. The van der Waals surface area contributed by atoms with E-state index < -0.39 is 40.7 Å². The molecule has 318 valence electrons. The van der Waals surface area contributed by atoms with Crippen LogP contribution in [0.15, 0.2) is 47.7 Å². The van der Waals surface area contributed by atoms with Crippen LogP contribution in [0.25, 0.3) is 0 Å². The third-order valence-corrected chi connectivity index (χ3v) is 9.52. The molecule has 20 nitrogen and oxygen atoms in total. The minimum Gasteiger partial charge on any atom is -0.480 e. The molecule has 3 amide bonds. The van der Waals surface area contributed by atoms with E-state index in [0.29, 0.717) is 63.0 Å². The van der Waals surface area contributed by atoms with Crippen LogP contribution in [0, 0.1) is 17.0 Å². The highest BCUT2D eigenvalue weighted by atomic mass is 35.5. The minimum absolute atomic E-state index is 0.0492. The predicted molar refractivity (Wildman–Crippen MR) is 216 cm³/mol. The van der Waals surface area contributed by atoms with Crippen LogP contribution in [-0.2, 0) is 25.7 Å². The van der Waals surface area contributed by atoms with E-state index >= 15 is 0 Å². The van der Waals surface area contributed by atoms with E-state index in [0.717, 1.165) is 12.8 Å². The number of unbranched alkanes of at least 4 members (excludes halogenated alkanes) is 1. The molecule has 4 rings (SSSR count). The number of nitrogens with zero attached hydrogens (tertiary/aromatic N) is 4. The Kier molecular flexibility index (Phi) is 18.0. The number of aliphatic hydroxyl groups excluding tert-OH is 1. The van der Waals surface area contributed by atoms with Crippen molar-refractivity contribution in [2.45, 2.75) is 64.4 Å². The number of hydrogen-bond acceptors (Lipinski definition) is 14. The Labute approximate surface area is 349 Å². The summed E-state index contributed by atoms with van der Waals surface area (Å²) in [5.74, 6) is -2.44. The number of hydrogen-bond donors (Lipinski definition) is 8. The number of nitrogens with two attached hydrogens (primary N) is 1. The monoisotopic (exact) mass is 861 g/mol. The van der Waals surface area contributed by atoms with Gasteiger partial charge in [-0.05, 0) is 74.9 Å². The fourth-order valence-electron chi connectivity index (χ4n) is 5.74. The van der Waals surface area contributed by atoms with Gasteiger partial charge in [-0.25, -0.2) is 14.8 Å². The zero-order valence-electron chi connectivity index (χ0n) is 32.2. The van der Waals surface area contributed by atoms with Gasteiger partial charge in [0.25, 0.3) is 17.5 Å². The molecule has 0 radical (unpaired) electrons. The van der Waals surface area contributed by atoms with E-state index in [4.69, 9.17) is 38.4 Å². The molecule has 22 heteroatoms. The molecule has 0 saturated heterocycles. The molecular formula is C37H47Cl2N10O10+. The van der Waals surface area contributed by atoms with E-state index in [9.17, 15) is 39.5 Å². The number of ether oxygens (including phenoxy) is 2. The predicted octanol–water partition coefficient (Wildman–Crippen LogP) is 2.80. The molecule has 2 aromatic carbocycles. The number of guanidine groups is 1. The number of carboxylic acid groups (broad SMARTS) is 1. The normalized spacial score (nSPS) is 13.6. The average Bonchev–Trinajstić information content (AvgIpc) is 3.19. The lowest BCUT2D eigenvalue weighted by Crippen LogP contribution is -2.46. The second-order valence-electron chi connectivity index (χ2n) is 13.1. The molecule has 0 fully saturated rings. The van der Waals surface area contributed by atoms with Gasteiger partial charge in [-0.3, -0.25) is 24.5 Å². The summed E-state index contributed by atoms with van der Waals surface area (Å²) < 4.78 is 12.9. The largest absolute Gasteiger partial charge is 0.480 e. The van der Waals surface area contributed by atoms with Gasteiger partial charge in [-0.1, -0.05) is 23.2 Å². The summed E-state index contributed by atoms with van der Waals surface area (Å²) in [6, 6.07) is 6.32. The van der Waals surface area contributed by atoms with Crippen molar-refractivity contribution in [2.24, 2.45) is 10.7 Å². The Bertz CT molecular complexity index is 2000. The summed E-state index contributed by atoms with van der Waals surface area (Å²) in [7, 11) is 0. The number of aromatic nitrogens is 2. The number of nitro benzene ring substituents is 1. The molecular weight excluding hydrogens is 815 g/mol. The molecule has 0 spiro atoms. The summed E-state index contributed by atoms with van der Waals surface area (Å²) in [6.45, 7) is 4.08. The maximum atomic E-state index is 12.8.